The number of amides is 1. The van der Waals surface area contributed by atoms with Gasteiger partial charge in [-0.25, -0.2) is 0 Å². The summed E-state index contributed by atoms with van der Waals surface area (Å²) in [6.07, 6.45) is 4.16. The Morgan fingerprint density at radius 3 is 2.71 bits per heavy atom. The molecule has 0 bridgehead atoms. The van der Waals surface area contributed by atoms with Gasteiger partial charge in [-0.05, 0) is 30.9 Å². The van der Waals surface area contributed by atoms with E-state index < -0.39 is 6.04 Å². The minimum Gasteiger partial charge on any atom is -0.348 e. The van der Waals surface area contributed by atoms with Crippen LogP contribution in [0.2, 0.25) is 0 Å². The van der Waals surface area contributed by atoms with Crippen LogP contribution in [-0.2, 0) is 4.79 Å². The SMILES string of the molecule is CC(C)C[C@@H](N)C(=O)N[C@H](C)c1cccnc1. The first-order chi connectivity index (χ1) is 8.00. The third-order valence-electron chi connectivity index (χ3n) is 2.61. The molecule has 4 heteroatoms. The Bertz CT molecular complexity index is 351. The highest BCUT2D eigenvalue weighted by Crippen LogP contribution is 2.10. The van der Waals surface area contributed by atoms with Crippen molar-refractivity contribution in [2.45, 2.75) is 39.3 Å². The molecule has 1 heterocycles. The normalized spacial score (nSPS) is 14.4. The Kier molecular flexibility index (Phi) is 5.10. The van der Waals surface area contributed by atoms with Gasteiger partial charge in [0.2, 0.25) is 5.91 Å². The maximum atomic E-state index is 11.8. The van der Waals surface area contributed by atoms with Crippen LogP contribution in [0.1, 0.15) is 38.8 Å². The fourth-order valence-corrected chi connectivity index (χ4v) is 1.65. The van der Waals surface area contributed by atoms with Gasteiger partial charge in [-0.3, -0.25) is 9.78 Å². The van der Waals surface area contributed by atoms with Crippen molar-refractivity contribution >= 4 is 5.91 Å². The van der Waals surface area contributed by atoms with E-state index in [-0.39, 0.29) is 11.9 Å². The van der Waals surface area contributed by atoms with E-state index in [9.17, 15) is 4.79 Å². The van der Waals surface area contributed by atoms with Gasteiger partial charge >= 0.3 is 0 Å². The number of nitrogens with two attached hydrogens (primary N) is 1. The number of nitrogens with one attached hydrogen (secondary N) is 1. The van der Waals surface area contributed by atoms with E-state index in [1.54, 1.807) is 12.4 Å². The summed E-state index contributed by atoms with van der Waals surface area (Å²) in [5, 5.41) is 2.90. The number of nitrogens with zero attached hydrogens (tertiary/aromatic N) is 1. The number of rotatable bonds is 5. The number of carbonyl (C=O) groups is 1. The van der Waals surface area contributed by atoms with Gasteiger partial charge in [0.25, 0.3) is 0 Å². The molecule has 0 aromatic carbocycles. The smallest absolute Gasteiger partial charge is 0.237 e. The molecule has 0 fully saturated rings. The first kappa shape index (κ1) is 13.6. The lowest BCUT2D eigenvalue weighted by atomic mass is 10.0. The van der Waals surface area contributed by atoms with Crippen LogP contribution in [0.3, 0.4) is 0 Å². The maximum absolute atomic E-state index is 11.8. The van der Waals surface area contributed by atoms with Crippen LogP contribution in [-0.4, -0.2) is 16.9 Å². The van der Waals surface area contributed by atoms with Gasteiger partial charge in [-0.1, -0.05) is 19.9 Å². The van der Waals surface area contributed by atoms with Gasteiger partial charge in [-0.2, -0.15) is 0 Å². The predicted octanol–water partition coefficient (Wildman–Crippen LogP) is 1.63. The molecule has 3 N–H and O–H groups in total. The molecule has 94 valence electrons. The van der Waals surface area contributed by atoms with Gasteiger partial charge in [0.05, 0.1) is 12.1 Å². The van der Waals surface area contributed by atoms with E-state index >= 15 is 0 Å². The first-order valence-electron chi connectivity index (χ1n) is 5.96. The summed E-state index contributed by atoms with van der Waals surface area (Å²) in [6, 6.07) is 3.29. The molecule has 4 nitrogen and oxygen atoms in total. The molecule has 1 rings (SSSR count). The molecular formula is C13H21N3O. The molecule has 1 aromatic rings. The van der Waals surface area contributed by atoms with Gasteiger partial charge in [0.1, 0.15) is 0 Å². The van der Waals surface area contributed by atoms with Crippen molar-refractivity contribution in [3.8, 4) is 0 Å². The monoisotopic (exact) mass is 235 g/mol. The third kappa shape index (κ3) is 4.53. The molecule has 17 heavy (non-hydrogen) atoms. The van der Waals surface area contributed by atoms with E-state index in [0.717, 1.165) is 5.56 Å². The second-order valence-electron chi connectivity index (χ2n) is 4.75. The molecule has 0 saturated carbocycles. The summed E-state index contributed by atoms with van der Waals surface area (Å²) in [4.78, 5) is 15.8. The summed E-state index contributed by atoms with van der Waals surface area (Å²) in [5.74, 6) is 0.319. The number of aromatic nitrogens is 1. The summed E-state index contributed by atoms with van der Waals surface area (Å²) in [6.45, 7) is 6.03. The number of hydrogen-bond donors (Lipinski definition) is 2. The summed E-state index contributed by atoms with van der Waals surface area (Å²) in [7, 11) is 0. The summed E-state index contributed by atoms with van der Waals surface area (Å²) in [5.41, 5.74) is 6.80. The van der Waals surface area contributed by atoms with Crippen LogP contribution < -0.4 is 11.1 Å². The summed E-state index contributed by atoms with van der Waals surface area (Å²) < 4.78 is 0. The average Bonchev–Trinajstić information content (AvgIpc) is 2.29. The standard InChI is InChI=1S/C13H21N3O/c1-9(2)7-12(14)13(17)16-10(3)11-5-4-6-15-8-11/h4-6,8-10,12H,7,14H2,1-3H3,(H,16,17)/t10-,12-/m1/s1. The highest BCUT2D eigenvalue weighted by atomic mass is 16.2. The molecule has 0 aliphatic heterocycles. The fourth-order valence-electron chi connectivity index (χ4n) is 1.65. The molecule has 1 aromatic heterocycles. The zero-order chi connectivity index (χ0) is 12.8. The van der Waals surface area contributed by atoms with Crippen LogP contribution in [0, 0.1) is 5.92 Å². The Balaban J connectivity index is 2.51. The maximum Gasteiger partial charge on any atom is 0.237 e. The molecule has 0 aliphatic carbocycles. The van der Waals surface area contributed by atoms with E-state index in [2.05, 4.69) is 24.1 Å². The van der Waals surface area contributed by atoms with Crippen LogP contribution in [0.5, 0.6) is 0 Å². The lowest BCUT2D eigenvalue weighted by Gasteiger charge is -2.18. The van der Waals surface area contributed by atoms with E-state index in [1.807, 2.05) is 19.1 Å². The Morgan fingerprint density at radius 1 is 1.47 bits per heavy atom. The Hall–Kier alpha value is -1.42. The highest BCUT2D eigenvalue weighted by molar-refractivity contribution is 5.81. The number of carbonyl (C=O) groups excluding carboxylic acids is 1. The minimum absolute atomic E-state index is 0.0607. The summed E-state index contributed by atoms with van der Waals surface area (Å²) >= 11 is 0. The van der Waals surface area contributed by atoms with Crippen molar-refractivity contribution < 1.29 is 4.79 Å². The fraction of sp³-hybridized carbons (Fsp3) is 0.538. The third-order valence-corrected chi connectivity index (χ3v) is 2.61. The zero-order valence-electron chi connectivity index (χ0n) is 10.7. The second-order valence-corrected chi connectivity index (χ2v) is 4.75. The van der Waals surface area contributed by atoms with E-state index in [0.29, 0.717) is 12.3 Å². The Labute approximate surface area is 103 Å². The van der Waals surface area contributed by atoms with Crippen molar-refractivity contribution in [3.63, 3.8) is 0 Å². The minimum atomic E-state index is -0.436. The first-order valence-corrected chi connectivity index (χ1v) is 5.96. The predicted molar refractivity (Wildman–Crippen MR) is 68.2 cm³/mol. The number of hydrogen-bond acceptors (Lipinski definition) is 3. The van der Waals surface area contributed by atoms with Crippen molar-refractivity contribution in [2.75, 3.05) is 0 Å². The molecule has 1 amide bonds. The van der Waals surface area contributed by atoms with Crippen LogP contribution in [0.25, 0.3) is 0 Å². The molecule has 0 aliphatic rings. The molecule has 2 atom stereocenters. The van der Waals surface area contributed by atoms with Crippen molar-refractivity contribution in [1.82, 2.24) is 10.3 Å². The van der Waals surface area contributed by atoms with E-state index in [1.165, 1.54) is 0 Å². The van der Waals surface area contributed by atoms with Crippen molar-refractivity contribution in [3.05, 3.63) is 30.1 Å². The largest absolute Gasteiger partial charge is 0.348 e. The van der Waals surface area contributed by atoms with Gasteiger partial charge in [-0.15, -0.1) is 0 Å². The lowest BCUT2D eigenvalue weighted by molar-refractivity contribution is -0.123. The van der Waals surface area contributed by atoms with Crippen LogP contribution >= 0.6 is 0 Å². The van der Waals surface area contributed by atoms with E-state index in [4.69, 9.17) is 5.73 Å². The molecule has 0 radical (unpaired) electrons. The zero-order valence-corrected chi connectivity index (χ0v) is 10.7. The lowest BCUT2D eigenvalue weighted by Crippen LogP contribution is -2.42. The Morgan fingerprint density at radius 2 is 2.18 bits per heavy atom. The second kappa shape index (κ2) is 6.35. The molecule has 0 spiro atoms. The quantitative estimate of drug-likeness (QED) is 0.815. The van der Waals surface area contributed by atoms with Gasteiger partial charge in [0, 0.05) is 12.4 Å². The van der Waals surface area contributed by atoms with Crippen molar-refractivity contribution in [2.24, 2.45) is 11.7 Å². The van der Waals surface area contributed by atoms with Crippen LogP contribution in [0.15, 0.2) is 24.5 Å². The molecule has 0 unspecified atom stereocenters. The van der Waals surface area contributed by atoms with Gasteiger partial charge < -0.3 is 11.1 Å². The highest BCUT2D eigenvalue weighted by Gasteiger charge is 2.17. The topological polar surface area (TPSA) is 68.0 Å². The number of pyridine rings is 1. The average molecular weight is 235 g/mol. The van der Waals surface area contributed by atoms with Gasteiger partial charge in [0.15, 0.2) is 0 Å². The van der Waals surface area contributed by atoms with Crippen molar-refractivity contribution in [1.29, 1.82) is 0 Å². The molecule has 0 saturated heterocycles. The molecular weight excluding hydrogens is 214 g/mol. The van der Waals surface area contributed by atoms with Crippen LogP contribution in [0.4, 0.5) is 0 Å².